The van der Waals surface area contributed by atoms with E-state index in [1.54, 1.807) is 0 Å². The minimum atomic E-state index is 1.11. The van der Waals surface area contributed by atoms with Crippen molar-refractivity contribution in [3.8, 4) is 0 Å². The van der Waals surface area contributed by atoms with Crippen LogP contribution in [0.4, 0.5) is 0 Å². The van der Waals surface area contributed by atoms with E-state index in [0.717, 1.165) is 13.3 Å². The molecule has 0 atom stereocenters. The Morgan fingerprint density at radius 1 is 0.400 bits per heavy atom. The van der Waals surface area contributed by atoms with E-state index in [4.69, 9.17) is 0 Å². The van der Waals surface area contributed by atoms with Crippen LogP contribution in [0.1, 0.15) is 38.5 Å². The van der Waals surface area contributed by atoms with Gasteiger partial charge in [-0.2, -0.15) is 0 Å². The summed E-state index contributed by atoms with van der Waals surface area (Å²) < 4.78 is 0. The van der Waals surface area contributed by atoms with Gasteiger partial charge in [0.25, 0.3) is 0 Å². The van der Waals surface area contributed by atoms with Crippen molar-refractivity contribution in [2.24, 2.45) is 0 Å². The molecule has 0 bridgehead atoms. The van der Waals surface area contributed by atoms with Gasteiger partial charge >= 0.3 is 0 Å². The Balaban J connectivity index is 2.34. The van der Waals surface area contributed by atoms with Crippen LogP contribution >= 0.6 is 0 Å². The zero-order valence-corrected chi connectivity index (χ0v) is 14.3. The fraction of sp³-hybridized carbons (Fsp3) is 1.00. The lowest BCUT2D eigenvalue weighted by Crippen LogP contribution is -2.36. The Morgan fingerprint density at radius 2 is 0.650 bits per heavy atom. The second-order valence-electron chi connectivity index (χ2n) is 6.72. The molecule has 0 unspecified atom stereocenters. The summed E-state index contributed by atoms with van der Waals surface area (Å²) in [6.45, 7) is 7.13. The molecule has 1 aliphatic heterocycles. The zero-order valence-electron chi connectivity index (χ0n) is 14.3. The van der Waals surface area contributed by atoms with Crippen LogP contribution in [0, 0.1) is 0 Å². The van der Waals surface area contributed by atoms with Crippen molar-refractivity contribution in [3.05, 3.63) is 0 Å². The molecule has 0 aromatic carbocycles. The lowest BCUT2D eigenvalue weighted by Gasteiger charge is -2.27. The summed E-state index contributed by atoms with van der Waals surface area (Å²) >= 11 is 0. The van der Waals surface area contributed by atoms with Crippen molar-refractivity contribution in [3.63, 3.8) is 0 Å². The van der Waals surface area contributed by atoms with E-state index >= 15 is 0 Å². The van der Waals surface area contributed by atoms with E-state index in [1.165, 1.54) is 64.7 Å². The maximum absolute atomic E-state index is 2.46. The van der Waals surface area contributed by atoms with Crippen LogP contribution in [0.15, 0.2) is 0 Å². The molecule has 4 heteroatoms. The van der Waals surface area contributed by atoms with Gasteiger partial charge in [-0.15, -0.1) is 0 Å². The van der Waals surface area contributed by atoms with Crippen molar-refractivity contribution < 1.29 is 0 Å². The summed E-state index contributed by atoms with van der Waals surface area (Å²) in [4.78, 5) is 9.84. The maximum Gasteiger partial charge on any atom is 0.0500 e. The second kappa shape index (κ2) is 10.6. The van der Waals surface area contributed by atoms with Crippen LogP contribution in [0.2, 0.25) is 0 Å². The van der Waals surface area contributed by atoms with Gasteiger partial charge in [0, 0.05) is 0 Å². The first-order valence-corrected chi connectivity index (χ1v) is 8.32. The predicted octanol–water partition coefficient (Wildman–Crippen LogP) is 1.98. The van der Waals surface area contributed by atoms with Crippen molar-refractivity contribution in [1.29, 1.82) is 0 Å². The molecule has 0 N–H and O–H groups in total. The average Bonchev–Trinajstić information content (AvgIpc) is 2.37. The molecule has 1 saturated heterocycles. The van der Waals surface area contributed by atoms with E-state index in [9.17, 15) is 0 Å². The molecule has 0 amide bonds. The number of nitrogens with zero attached hydrogens (tertiary/aromatic N) is 4. The predicted molar refractivity (Wildman–Crippen MR) is 88.0 cm³/mol. The summed E-state index contributed by atoms with van der Waals surface area (Å²) in [7, 11) is 9.00. The first-order chi connectivity index (χ1) is 9.58. The third-order valence-corrected chi connectivity index (χ3v) is 4.13. The third-order valence-electron chi connectivity index (χ3n) is 4.13. The van der Waals surface area contributed by atoms with Crippen molar-refractivity contribution in [2.45, 2.75) is 38.5 Å². The van der Waals surface area contributed by atoms with Crippen LogP contribution < -0.4 is 0 Å². The summed E-state index contributed by atoms with van der Waals surface area (Å²) in [5, 5.41) is 0. The molecular formula is C16H36N4. The van der Waals surface area contributed by atoms with Gasteiger partial charge in [0.15, 0.2) is 0 Å². The van der Waals surface area contributed by atoms with Gasteiger partial charge in [0.1, 0.15) is 0 Å². The molecule has 0 radical (unpaired) electrons. The van der Waals surface area contributed by atoms with Gasteiger partial charge < -0.3 is 0 Å². The molecule has 120 valence electrons. The molecule has 1 aliphatic rings. The van der Waals surface area contributed by atoms with Gasteiger partial charge in [0.2, 0.25) is 0 Å². The summed E-state index contributed by atoms with van der Waals surface area (Å²) in [5.74, 6) is 0. The Labute approximate surface area is 126 Å². The van der Waals surface area contributed by atoms with Gasteiger partial charge in [-0.05, 0) is 80.1 Å². The number of hydrogen-bond donors (Lipinski definition) is 0. The Hall–Kier alpha value is -0.160. The Bertz CT molecular complexity index is 211. The minimum Gasteiger partial charge on any atom is -0.294 e. The molecule has 0 aromatic rings. The van der Waals surface area contributed by atoms with E-state index in [1.807, 2.05) is 0 Å². The minimum absolute atomic E-state index is 1.11. The molecule has 1 heterocycles. The third kappa shape index (κ3) is 8.90. The molecule has 0 aromatic heterocycles. The molecule has 4 nitrogen and oxygen atoms in total. The van der Waals surface area contributed by atoms with Gasteiger partial charge in [-0.25, -0.2) is 0 Å². The lowest BCUT2D eigenvalue weighted by atomic mass is 10.2. The average molecular weight is 284 g/mol. The Morgan fingerprint density at radius 3 is 0.950 bits per heavy atom. The molecular weight excluding hydrogens is 248 g/mol. The fourth-order valence-electron chi connectivity index (χ4n) is 2.99. The van der Waals surface area contributed by atoms with E-state index in [-0.39, 0.29) is 0 Å². The normalized spacial score (nSPS) is 25.8. The molecule has 1 fully saturated rings. The van der Waals surface area contributed by atoms with Gasteiger partial charge in [0.05, 0.1) is 13.3 Å². The highest BCUT2D eigenvalue weighted by Gasteiger charge is 2.07. The molecule has 20 heavy (non-hydrogen) atoms. The molecule has 0 spiro atoms. The lowest BCUT2D eigenvalue weighted by molar-refractivity contribution is 0.160. The quantitative estimate of drug-likeness (QED) is 0.674. The highest BCUT2D eigenvalue weighted by atomic mass is 15.3. The van der Waals surface area contributed by atoms with Crippen LogP contribution in [-0.4, -0.2) is 87.3 Å². The first-order valence-electron chi connectivity index (χ1n) is 8.32. The largest absolute Gasteiger partial charge is 0.294 e. The van der Waals surface area contributed by atoms with Crippen molar-refractivity contribution >= 4 is 0 Å². The van der Waals surface area contributed by atoms with Gasteiger partial charge in [-0.1, -0.05) is 12.8 Å². The van der Waals surface area contributed by atoms with Crippen molar-refractivity contribution in [1.82, 2.24) is 19.6 Å². The van der Waals surface area contributed by atoms with Gasteiger partial charge in [-0.3, -0.25) is 19.6 Å². The summed E-state index contributed by atoms with van der Waals surface area (Å²) in [6, 6.07) is 0. The SMILES string of the molecule is CN1CCCCCCN(C)CN(C)CCCCN(C)C1. The van der Waals surface area contributed by atoms with E-state index < -0.39 is 0 Å². The van der Waals surface area contributed by atoms with Crippen LogP contribution in [-0.2, 0) is 0 Å². The topological polar surface area (TPSA) is 13.0 Å². The molecule has 1 rings (SSSR count). The Kier molecular flexibility index (Phi) is 9.44. The number of rotatable bonds is 0. The highest BCUT2D eigenvalue weighted by molar-refractivity contribution is 4.59. The van der Waals surface area contributed by atoms with Crippen molar-refractivity contribution in [2.75, 3.05) is 67.7 Å². The van der Waals surface area contributed by atoms with E-state index in [0.29, 0.717) is 0 Å². The first kappa shape index (κ1) is 17.9. The fourth-order valence-corrected chi connectivity index (χ4v) is 2.99. The highest BCUT2D eigenvalue weighted by Crippen LogP contribution is 2.05. The smallest absolute Gasteiger partial charge is 0.0500 e. The second-order valence-corrected chi connectivity index (χ2v) is 6.72. The van der Waals surface area contributed by atoms with Crippen LogP contribution in [0.3, 0.4) is 0 Å². The molecule has 0 aliphatic carbocycles. The summed E-state index contributed by atoms with van der Waals surface area (Å²) in [6.07, 6.45) is 8.04. The monoisotopic (exact) mass is 284 g/mol. The van der Waals surface area contributed by atoms with E-state index in [2.05, 4.69) is 47.8 Å². The standard InChI is InChI=1S/C16H36N4/c1-17-11-7-5-6-8-12-18(2)16-20(4)14-10-9-13-19(3)15-17/h5-16H2,1-4H3. The van der Waals surface area contributed by atoms with Crippen LogP contribution in [0.5, 0.6) is 0 Å². The van der Waals surface area contributed by atoms with Crippen LogP contribution in [0.25, 0.3) is 0 Å². The summed E-state index contributed by atoms with van der Waals surface area (Å²) in [5.41, 5.74) is 0. The maximum atomic E-state index is 2.46. The number of hydrogen-bond acceptors (Lipinski definition) is 4. The molecule has 0 saturated carbocycles. The zero-order chi connectivity index (χ0) is 14.8.